The number of ether oxygens (including phenoxy) is 1. The number of piperidine rings is 1. The van der Waals surface area contributed by atoms with E-state index in [9.17, 15) is 4.79 Å². The van der Waals surface area contributed by atoms with E-state index in [4.69, 9.17) is 4.74 Å². The van der Waals surface area contributed by atoms with Gasteiger partial charge in [0.1, 0.15) is 11.6 Å². The van der Waals surface area contributed by atoms with Crippen molar-refractivity contribution in [2.24, 2.45) is 5.92 Å². The Morgan fingerprint density at radius 1 is 1.59 bits per heavy atom. The Morgan fingerprint density at radius 3 is 3.00 bits per heavy atom. The van der Waals surface area contributed by atoms with Crippen LogP contribution in [0, 0.1) is 12.8 Å². The number of H-pyrrole nitrogens is 1. The fourth-order valence-corrected chi connectivity index (χ4v) is 2.27. The Hall–Kier alpha value is -1.36. The van der Waals surface area contributed by atoms with E-state index in [0.717, 1.165) is 25.3 Å². The molecule has 2 rings (SSSR count). The zero-order valence-electron chi connectivity index (χ0n) is 10.6. The first-order valence-corrected chi connectivity index (χ1v) is 5.96. The first-order chi connectivity index (χ1) is 8.10. The van der Waals surface area contributed by atoms with Gasteiger partial charge in [-0.25, -0.2) is 4.98 Å². The van der Waals surface area contributed by atoms with Gasteiger partial charge in [-0.15, -0.1) is 0 Å². The molecule has 1 aromatic heterocycles. The highest BCUT2D eigenvalue weighted by Crippen LogP contribution is 2.22. The number of hydrogen-bond donors (Lipinski definition) is 1. The molecule has 0 aromatic carbocycles. The van der Waals surface area contributed by atoms with Gasteiger partial charge in [-0.05, 0) is 19.3 Å². The van der Waals surface area contributed by atoms with Crippen molar-refractivity contribution in [2.45, 2.75) is 26.4 Å². The lowest BCUT2D eigenvalue weighted by atomic mass is 9.96. The molecule has 2 heterocycles. The molecule has 1 aliphatic rings. The second-order valence-electron chi connectivity index (χ2n) is 4.68. The zero-order chi connectivity index (χ0) is 12.4. The third-order valence-corrected chi connectivity index (χ3v) is 3.36. The molecule has 0 saturated carbocycles. The number of rotatable bonds is 2. The molecule has 94 valence electrons. The summed E-state index contributed by atoms with van der Waals surface area (Å²) in [4.78, 5) is 20.6. The van der Waals surface area contributed by atoms with E-state index in [1.165, 1.54) is 0 Å². The zero-order valence-corrected chi connectivity index (χ0v) is 10.6. The van der Waals surface area contributed by atoms with Gasteiger partial charge in [0, 0.05) is 26.3 Å². The molecule has 0 radical (unpaired) electrons. The SMILES string of the molecule is COC1CN(c2cc(=O)[nH]c(C)n2)CCC1C. The van der Waals surface area contributed by atoms with Crippen molar-refractivity contribution in [2.75, 3.05) is 25.1 Å². The topological polar surface area (TPSA) is 58.2 Å². The number of methoxy groups -OCH3 is 1. The standard InChI is InChI=1S/C12H19N3O2/c1-8-4-5-15(7-10(8)17-3)11-6-12(16)14-9(2)13-11/h6,8,10H,4-5,7H2,1-3H3,(H,13,14,16). The first kappa shape index (κ1) is 12.1. The quantitative estimate of drug-likeness (QED) is 0.831. The Labute approximate surface area is 101 Å². The number of nitrogens with zero attached hydrogens (tertiary/aromatic N) is 2. The van der Waals surface area contributed by atoms with E-state index >= 15 is 0 Å². The van der Waals surface area contributed by atoms with Crippen LogP contribution in [-0.2, 0) is 4.74 Å². The fraction of sp³-hybridized carbons (Fsp3) is 0.667. The van der Waals surface area contributed by atoms with E-state index in [-0.39, 0.29) is 11.7 Å². The third-order valence-electron chi connectivity index (χ3n) is 3.36. The van der Waals surface area contributed by atoms with Crippen LogP contribution in [0.4, 0.5) is 5.82 Å². The second kappa shape index (κ2) is 4.87. The van der Waals surface area contributed by atoms with Crippen LogP contribution in [0.5, 0.6) is 0 Å². The molecule has 1 saturated heterocycles. The predicted molar refractivity (Wildman–Crippen MR) is 66.4 cm³/mol. The van der Waals surface area contributed by atoms with E-state index in [0.29, 0.717) is 11.7 Å². The lowest BCUT2D eigenvalue weighted by Crippen LogP contribution is -2.44. The summed E-state index contributed by atoms with van der Waals surface area (Å²) in [5.41, 5.74) is -0.0971. The van der Waals surface area contributed by atoms with E-state index < -0.39 is 0 Å². The lowest BCUT2D eigenvalue weighted by Gasteiger charge is -2.36. The monoisotopic (exact) mass is 237 g/mol. The minimum Gasteiger partial charge on any atom is -0.379 e. The molecule has 5 nitrogen and oxygen atoms in total. The largest absolute Gasteiger partial charge is 0.379 e. The normalized spacial score (nSPS) is 25.0. The maximum absolute atomic E-state index is 11.4. The van der Waals surface area contributed by atoms with Crippen LogP contribution in [0.3, 0.4) is 0 Å². The van der Waals surface area contributed by atoms with E-state index in [2.05, 4.69) is 21.8 Å². The number of hydrogen-bond acceptors (Lipinski definition) is 4. The Bertz CT molecular complexity index is 444. The first-order valence-electron chi connectivity index (χ1n) is 5.96. The van der Waals surface area contributed by atoms with Gasteiger partial charge >= 0.3 is 0 Å². The summed E-state index contributed by atoms with van der Waals surface area (Å²) in [5.74, 6) is 1.96. The van der Waals surface area contributed by atoms with Gasteiger partial charge in [0.15, 0.2) is 0 Å². The molecular weight excluding hydrogens is 218 g/mol. The van der Waals surface area contributed by atoms with Gasteiger partial charge in [0.25, 0.3) is 5.56 Å². The Morgan fingerprint density at radius 2 is 2.35 bits per heavy atom. The molecule has 0 amide bonds. The van der Waals surface area contributed by atoms with Crippen LogP contribution in [0.2, 0.25) is 0 Å². The summed E-state index contributed by atoms with van der Waals surface area (Å²) in [6, 6.07) is 1.55. The molecule has 2 atom stereocenters. The molecule has 0 bridgehead atoms. The van der Waals surface area contributed by atoms with Crippen LogP contribution in [0.1, 0.15) is 19.2 Å². The van der Waals surface area contributed by atoms with Gasteiger partial charge < -0.3 is 14.6 Å². The molecule has 1 N–H and O–H groups in total. The predicted octanol–water partition coefficient (Wildman–Crippen LogP) is 0.940. The van der Waals surface area contributed by atoms with E-state index in [1.54, 1.807) is 20.1 Å². The van der Waals surface area contributed by atoms with Crippen molar-refractivity contribution in [1.82, 2.24) is 9.97 Å². The van der Waals surface area contributed by atoms with Crippen molar-refractivity contribution >= 4 is 5.82 Å². The van der Waals surface area contributed by atoms with Crippen molar-refractivity contribution in [1.29, 1.82) is 0 Å². The van der Waals surface area contributed by atoms with Crippen LogP contribution < -0.4 is 10.5 Å². The summed E-state index contributed by atoms with van der Waals surface area (Å²) in [6.07, 6.45) is 1.27. The maximum atomic E-state index is 11.4. The van der Waals surface area contributed by atoms with Gasteiger partial charge in [0.2, 0.25) is 0 Å². The highest BCUT2D eigenvalue weighted by Gasteiger charge is 2.26. The third kappa shape index (κ3) is 2.66. The fourth-order valence-electron chi connectivity index (χ4n) is 2.27. The average Bonchev–Trinajstić information content (AvgIpc) is 2.28. The molecule has 1 aliphatic heterocycles. The highest BCUT2D eigenvalue weighted by molar-refractivity contribution is 5.38. The molecule has 1 aromatic rings. The van der Waals surface area contributed by atoms with Crippen LogP contribution >= 0.6 is 0 Å². The Kier molecular flexibility index (Phi) is 3.47. The van der Waals surface area contributed by atoms with Gasteiger partial charge in [-0.2, -0.15) is 0 Å². The minimum absolute atomic E-state index is 0.0971. The summed E-state index contributed by atoms with van der Waals surface area (Å²) >= 11 is 0. The van der Waals surface area contributed by atoms with Crippen molar-refractivity contribution in [3.63, 3.8) is 0 Å². The molecule has 1 fully saturated rings. The number of anilines is 1. The molecule has 17 heavy (non-hydrogen) atoms. The van der Waals surface area contributed by atoms with Gasteiger partial charge in [-0.1, -0.05) is 6.92 Å². The lowest BCUT2D eigenvalue weighted by molar-refractivity contribution is 0.0496. The maximum Gasteiger partial charge on any atom is 0.252 e. The van der Waals surface area contributed by atoms with Gasteiger partial charge in [0.05, 0.1) is 6.10 Å². The smallest absolute Gasteiger partial charge is 0.252 e. The van der Waals surface area contributed by atoms with Crippen LogP contribution in [0.15, 0.2) is 10.9 Å². The molecule has 5 heteroatoms. The molecule has 0 aliphatic carbocycles. The highest BCUT2D eigenvalue weighted by atomic mass is 16.5. The summed E-state index contributed by atoms with van der Waals surface area (Å²) in [5, 5.41) is 0. The average molecular weight is 237 g/mol. The summed E-state index contributed by atoms with van der Waals surface area (Å²) in [6.45, 7) is 5.72. The summed E-state index contributed by atoms with van der Waals surface area (Å²) < 4.78 is 5.46. The molecular formula is C12H19N3O2. The number of nitrogens with one attached hydrogen (secondary N) is 1. The van der Waals surface area contributed by atoms with Crippen molar-refractivity contribution in [3.05, 3.63) is 22.2 Å². The number of aromatic amines is 1. The second-order valence-corrected chi connectivity index (χ2v) is 4.68. The van der Waals surface area contributed by atoms with Gasteiger partial charge in [-0.3, -0.25) is 4.79 Å². The van der Waals surface area contributed by atoms with Crippen LogP contribution in [-0.4, -0.2) is 36.3 Å². The van der Waals surface area contributed by atoms with Crippen molar-refractivity contribution in [3.8, 4) is 0 Å². The van der Waals surface area contributed by atoms with Crippen molar-refractivity contribution < 1.29 is 4.74 Å². The molecule has 2 unspecified atom stereocenters. The molecule has 0 spiro atoms. The Balaban J connectivity index is 2.20. The minimum atomic E-state index is -0.0971. The van der Waals surface area contributed by atoms with Crippen LogP contribution in [0.25, 0.3) is 0 Å². The number of aromatic nitrogens is 2. The summed E-state index contributed by atoms with van der Waals surface area (Å²) in [7, 11) is 1.74. The number of aryl methyl sites for hydroxylation is 1. The van der Waals surface area contributed by atoms with E-state index in [1.807, 2.05) is 0 Å².